The minimum absolute atomic E-state index is 0.113. The topological polar surface area (TPSA) is 67.4 Å². The molecule has 0 saturated carbocycles. The van der Waals surface area contributed by atoms with Crippen LogP contribution in [-0.2, 0) is 6.54 Å². The number of hydrogen-bond acceptors (Lipinski definition) is 5. The quantitative estimate of drug-likeness (QED) is 0.863. The highest BCUT2D eigenvalue weighted by Crippen LogP contribution is 2.26. The van der Waals surface area contributed by atoms with Crippen molar-refractivity contribution in [2.45, 2.75) is 19.5 Å². The zero-order valence-corrected chi connectivity index (χ0v) is 13.0. The van der Waals surface area contributed by atoms with Gasteiger partial charge >= 0.3 is 0 Å². The lowest BCUT2D eigenvalue weighted by Crippen LogP contribution is -2.32. The van der Waals surface area contributed by atoms with E-state index in [1.165, 1.54) is 4.68 Å². The fourth-order valence-electron chi connectivity index (χ4n) is 2.32. The van der Waals surface area contributed by atoms with Crippen molar-refractivity contribution >= 4 is 17.3 Å². The number of anilines is 1. The molecule has 0 bridgehead atoms. The normalized spacial score (nSPS) is 22.8. The second-order valence-electron chi connectivity index (χ2n) is 5.72. The molecule has 1 aromatic heterocycles. The molecular formula is C13H22ClN5O. The monoisotopic (exact) mass is 299 g/mol. The van der Waals surface area contributed by atoms with Gasteiger partial charge in [-0.1, -0.05) is 18.5 Å². The van der Waals surface area contributed by atoms with Gasteiger partial charge in [0.05, 0.1) is 18.4 Å². The number of nitrogens with zero attached hydrogens (tertiary/aromatic N) is 4. The molecule has 2 atom stereocenters. The van der Waals surface area contributed by atoms with Crippen LogP contribution < -0.4 is 16.2 Å². The molecular weight excluding hydrogens is 278 g/mol. The fraction of sp³-hybridized carbons (Fsp3) is 0.692. The summed E-state index contributed by atoms with van der Waals surface area (Å²) in [4.78, 5) is 16.3. The highest BCUT2D eigenvalue weighted by molar-refractivity contribution is 6.33. The smallest absolute Gasteiger partial charge is 0.287 e. The molecule has 0 aliphatic carbocycles. The van der Waals surface area contributed by atoms with Crippen LogP contribution in [-0.4, -0.2) is 54.5 Å². The first-order valence-corrected chi connectivity index (χ1v) is 7.19. The molecule has 112 valence electrons. The molecule has 2 N–H and O–H groups in total. The van der Waals surface area contributed by atoms with Crippen molar-refractivity contribution in [1.82, 2.24) is 14.7 Å². The lowest BCUT2D eigenvalue weighted by Gasteiger charge is -2.19. The average Bonchev–Trinajstić information content (AvgIpc) is 2.71. The summed E-state index contributed by atoms with van der Waals surface area (Å²) >= 11 is 6.22. The van der Waals surface area contributed by atoms with Crippen molar-refractivity contribution < 1.29 is 0 Å². The molecule has 1 fully saturated rings. The highest BCUT2D eigenvalue weighted by atomic mass is 35.5. The zero-order chi connectivity index (χ0) is 14.9. The molecule has 2 unspecified atom stereocenters. The van der Waals surface area contributed by atoms with Gasteiger partial charge in [0.15, 0.2) is 0 Å². The fourth-order valence-corrected chi connectivity index (χ4v) is 2.59. The SMILES string of the molecule is CC1CN(c2cnn(CCN(C)C)c(=O)c2Cl)CC1N. The van der Waals surface area contributed by atoms with Crippen LogP contribution >= 0.6 is 11.6 Å². The molecule has 20 heavy (non-hydrogen) atoms. The maximum Gasteiger partial charge on any atom is 0.287 e. The maximum atomic E-state index is 12.2. The van der Waals surface area contributed by atoms with E-state index in [1.54, 1.807) is 6.20 Å². The molecule has 0 aromatic carbocycles. The Hall–Kier alpha value is -1.11. The Morgan fingerprint density at radius 3 is 2.75 bits per heavy atom. The first kappa shape index (κ1) is 15.3. The van der Waals surface area contributed by atoms with E-state index in [9.17, 15) is 4.79 Å². The number of hydrogen-bond donors (Lipinski definition) is 1. The van der Waals surface area contributed by atoms with Gasteiger partial charge < -0.3 is 15.5 Å². The van der Waals surface area contributed by atoms with Crippen LogP contribution in [0.4, 0.5) is 5.69 Å². The van der Waals surface area contributed by atoms with Gasteiger partial charge in [0.1, 0.15) is 5.02 Å². The summed E-state index contributed by atoms with van der Waals surface area (Å²) in [6, 6.07) is 0.113. The summed E-state index contributed by atoms with van der Waals surface area (Å²) in [6.45, 7) is 4.90. The van der Waals surface area contributed by atoms with Crippen LogP contribution in [0, 0.1) is 5.92 Å². The van der Waals surface area contributed by atoms with Gasteiger partial charge in [-0.25, -0.2) is 4.68 Å². The number of aromatic nitrogens is 2. The van der Waals surface area contributed by atoms with E-state index in [1.807, 2.05) is 23.9 Å². The molecule has 2 heterocycles. The van der Waals surface area contributed by atoms with Crippen LogP contribution in [0.25, 0.3) is 0 Å². The Balaban J connectivity index is 2.21. The molecule has 7 heteroatoms. The average molecular weight is 300 g/mol. The third kappa shape index (κ3) is 3.13. The molecule has 2 rings (SSSR count). The zero-order valence-electron chi connectivity index (χ0n) is 12.2. The molecule has 1 aliphatic heterocycles. The standard InChI is InChI=1S/C13H22ClN5O/c1-9-7-18(8-10(9)15)11-6-16-19(5-4-17(2)3)13(20)12(11)14/h6,9-10H,4-5,7-8,15H2,1-3H3. The van der Waals surface area contributed by atoms with Crippen molar-refractivity contribution in [3.05, 3.63) is 21.6 Å². The molecule has 1 aromatic rings. The van der Waals surface area contributed by atoms with Crippen LogP contribution in [0.1, 0.15) is 6.92 Å². The Morgan fingerprint density at radius 2 is 2.20 bits per heavy atom. The predicted octanol–water partition coefficient (Wildman–Crippen LogP) is 0.242. The predicted molar refractivity (Wildman–Crippen MR) is 81.4 cm³/mol. The van der Waals surface area contributed by atoms with Gasteiger partial charge in [-0.05, 0) is 20.0 Å². The number of rotatable bonds is 4. The third-order valence-corrected chi connectivity index (χ3v) is 4.09. The maximum absolute atomic E-state index is 12.2. The van der Waals surface area contributed by atoms with Crippen LogP contribution in [0.3, 0.4) is 0 Å². The second kappa shape index (κ2) is 6.11. The highest BCUT2D eigenvalue weighted by Gasteiger charge is 2.28. The molecule has 0 amide bonds. The van der Waals surface area contributed by atoms with Gasteiger partial charge in [0, 0.05) is 25.7 Å². The summed E-state index contributed by atoms with van der Waals surface area (Å²) in [6.07, 6.45) is 1.67. The van der Waals surface area contributed by atoms with Crippen LogP contribution in [0.2, 0.25) is 5.02 Å². The van der Waals surface area contributed by atoms with Crippen molar-refractivity contribution in [3.8, 4) is 0 Å². The van der Waals surface area contributed by atoms with Crippen LogP contribution in [0.15, 0.2) is 11.0 Å². The van der Waals surface area contributed by atoms with Crippen molar-refractivity contribution in [2.24, 2.45) is 11.7 Å². The minimum Gasteiger partial charge on any atom is -0.367 e. The first-order chi connectivity index (χ1) is 9.40. The van der Waals surface area contributed by atoms with Crippen molar-refractivity contribution in [3.63, 3.8) is 0 Å². The summed E-state index contributed by atoms with van der Waals surface area (Å²) in [5, 5.41) is 4.45. The van der Waals surface area contributed by atoms with Crippen molar-refractivity contribution in [2.75, 3.05) is 38.6 Å². The molecule has 6 nitrogen and oxygen atoms in total. The molecule has 0 radical (unpaired) electrons. The largest absolute Gasteiger partial charge is 0.367 e. The summed E-state index contributed by atoms with van der Waals surface area (Å²) in [5.41, 5.74) is 6.47. The summed E-state index contributed by atoms with van der Waals surface area (Å²) in [5.74, 6) is 0.391. The lowest BCUT2D eigenvalue weighted by atomic mass is 10.1. The number of halogens is 1. The summed E-state index contributed by atoms with van der Waals surface area (Å²) < 4.78 is 1.41. The first-order valence-electron chi connectivity index (χ1n) is 6.81. The number of nitrogens with two attached hydrogens (primary N) is 1. The van der Waals surface area contributed by atoms with E-state index in [0.717, 1.165) is 13.1 Å². The lowest BCUT2D eigenvalue weighted by molar-refractivity contribution is 0.367. The van der Waals surface area contributed by atoms with Gasteiger partial charge in [-0.2, -0.15) is 5.10 Å². The Labute approximate surface area is 124 Å². The van der Waals surface area contributed by atoms with E-state index < -0.39 is 0 Å². The van der Waals surface area contributed by atoms with E-state index in [4.69, 9.17) is 17.3 Å². The molecule has 1 saturated heterocycles. The summed E-state index contributed by atoms with van der Waals surface area (Å²) in [7, 11) is 3.90. The Bertz CT molecular complexity index is 520. The van der Waals surface area contributed by atoms with Crippen molar-refractivity contribution in [1.29, 1.82) is 0 Å². The number of likely N-dealkylation sites (N-methyl/N-ethyl adjacent to an activating group) is 1. The van der Waals surface area contributed by atoms with E-state index >= 15 is 0 Å². The molecule has 1 aliphatic rings. The van der Waals surface area contributed by atoms with Gasteiger partial charge in [-0.3, -0.25) is 4.79 Å². The van der Waals surface area contributed by atoms with Crippen LogP contribution in [0.5, 0.6) is 0 Å². The van der Waals surface area contributed by atoms with Gasteiger partial charge in [-0.15, -0.1) is 0 Å². The Morgan fingerprint density at radius 1 is 1.50 bits per heavy atom. The second-order valence-corrected chi connectivity index (χ2v) is 6.10. The third-order valence-electron chi connectivity index (χ3n) is 3.74. The van der Waals surface area contributed by atoms with Gasteiger partial charge in [0.2, 0.25) is 0 Å². The van der Waals surface area contributed by atoms with E-state index in [2.05, 4.69) is 12.0 Å². The van der Waals surface area contributed by atoms with E-state index in [-0.39, 0.29) is 16.6 Å². The van der Waals surface area contributed by atoms with E-state index in [0.29, 0.717) is 24.7 Å². The van der Waals surface area contributed by atoms with Gasteiger partial charge in [0.25, 0.3) is 5.56 Å². The minimum atomic E-state index is -0.237. The Kier molecular flexibility index (Phi) is 4.67. The molecule has 0 spiro atoms.